The molecule has 6 heteroatoms. The number of aromatic nitrogens is 2. The van der Waals surface area contributed by atoms with Crippen molar-refractivity contribution in [2.75, 3.05) is 11.9 Å². The molecule has 0 aliphatic heterocycles. The van der Waals surface area contributed by atoms with Gasteiger partial charge in [-0.2, -0.15) is 5.26 Å². The summed E-state index contributed by atoms with van der Waals surface area (Å²) in [6.45, 7) is 2.72. The number of nitriles is 1. The Hall–Kier alpha value is -3.07. The highest BCUT2D eigenvalue weighted by molar-refractivity contribution is 5.86. The summed E-state index contributed by atoms with van der Waals surface area (Å²) in [5.74, 6) is 1.51. The van der Waals surface area contributed by atoms with E-state index in [1.165, 1.54) is 6.33 Å². The van der Waals surface area contributed by atoms with Crippen LogP contribution in [-0.4, -0.2) is 16.5 Å². The van der Waals surface area contributed by atoms with Crippen molar-refractivity contribution in [2.24, 2.45) is 0 Å². The minimum absolute atomic E-state index is 0.125. The number of hydrogen-bond acceptors (Lipinski definition) is 6. The number of ether oxygens (including phenoxy) is 1. The van der Waals surface area contributed by atoms with E-state index in [1.807, 2.05) is 31.2 Å². The first kappa shape index (κ1) is 12.9. The van der Waals surface area contributed by atoms with Gasteiger partial charge < -0.3 is 14.5 Å². The van der Waals surface area contributed by atoms with Gasteiger partial charge in [-0.15, -0.1) is 0 Å². The third-order valence-electron chi connectivity index (χ3n) is 2.86. The van der Waals surface area contributed by atoms with Gasteiger partial charge in [0.1, 0.15) is 23.8 Å². The van der Waals surface area contributed by atoms with Crippen LogP contribution in [0.1, 0.15) is 12.7 Å². The fraction of sp³-hybridized carbons (Fsp3) is 0.133. The van der Waals surface area contributed by atoms with Crippen LogP contribution >= 0.6 is 0 Å². The quantitative estimate of drug-likeness (QED) is 0.789. The Bertz CT molecular complexity index is 820. The second kappa shape index (κ2) is 5.51. The number of benzene rings is 1. The smallest absolute Gasteiger partial charge is 0.247 e. The summed E-state index contributed by atoms with van der Waals surface area (Å²) in [5.41, 5.74) is 0.602. The lowest BCUT2D eigenvalue weighted by Crippen LogP contribution is -2.00. The van der Waals surface area contributed by atoms with Crippen LogP contribution in [0.4, 0.5) is 5.82 Å². The van der Waals surface area contributed by atoms with Crippen molar-refractivity contribution in [2.45, 2.75) is 6.92 Å². The summed E-state index contributed by atoms with van der Waals surface area (Å²) in [4.78, 5) is 8.13. The summed E-state index contributed by atoms with van der Waals surface area (Å²) < 4.78 is 11.2. The molecule has 0 aliphatic rings. The SMILES string of the molecule is CCNc1cc(Oc2c(C#N)oc3ccccc23)ncn1. The van der Waals surface area contributed by atoms with E-state index in [9.17, 15) is 0 Å². The number of hydrogen-bond donors (Lipinski definition) is 1. The zero-order chi connectivity index (χ0) is 14.7. The average molecular weight is 280 g/mol. The molecule has 0 saturated heterocycles. The highest BCUT2D eigenvalue weighted by Gasteiger charge is 2.16. The molecular formula is C15H12N4O2. The van der Waals surface area contributed by atoms with E-state index in [0.29, 0.717) is 23.0 Å². The van der Waals surface area contributed by atoms with Crippen molar-refractivity contribution in [1.82, 2.24) is 9.97 Å². The molecule has 1 aromatic carbocycles. The Balaban J connectivity index is 2.01. The van der Waals surface area contributed by atoms with Crippen LogP contribution in [0.5, 0.6) is 11.6 Å². The van der Waals surface area contributed by atoms with E-state index in [0.717, 1.165) is 11.9 Å². The monoisotopic (exact) mass is 280 g/mol. The van der Waals surface area contributed by atoms with Gasteiger partial charge >= 0.3 is 0 Å². The van der Waals surface area contributed by atoms with Crippen LogP contribution in [0.25, 0.3) is 11.0 Å². The molecule has 2 aromatic heterocycles. The van der Waals surface area contributed by atoms with Crippen LogP contribution < -0.4 is 10.1 Å². The number of rotatable bonds is 4. The van der Waals surface area contributed by atoms with Crippen LogP contribution in [0, 0.1) is 11.3 Å². The minimum atomic E-state index is 0.125. The lowest BCUT2D eigenvalue weighted by molar-refractivity contribution is 0.449. The summed E-state index contributed by atoms with van der Waals surface area (Å²) in [6.07, 6.45) is 1.40. The molecule has 0 saturated carbocycles. The predicted octanol–water partition coefficient (Wildman–Crippen LogP) is 3.32. The topological polar surface area (TPSA) is 84.0 Å². The molecule has 0 unspecified atom stereocenters. The molecule has 0 radical (unpaired) electrons. The summed E-state index contributed by atoms with van der Waals surface area (Å²) in [7, 11) is 0. The minimum Gasteiger partial charge on any atom is -0.442 e. The lowest BCUT2D eigenvalue weighted by Gasteiger charge is -2.05. The van der Waals surface area contributed by atoms with E-state index >= 15 is 0 Å². The average Bonchev–Trinajstić information content (AvgIpc) is 2.86. The molecule has 0 aliphatic carbocycles. The van der Waals surface area contributed by atoms with E-state index in [4.69, 9.17) is 14.4 Å². The molecule has 0 fully saturated rings. The maximum atomic E-state index is 9.17. The van der Waals surface area contributed by atoms with Crippen molar-refractivity contribution >= 4 is 16.8 Å². The maximum absolute atomic E-state index is 9.17. The second-order valence-electron chi connectivity index (χ2n) is 4.24. The summed E-state index contributed by atoms with van der Waals surface area (Å²) >= 11 is 0. The first-order valence-corrected chi connectivity index (χ1v) is 6.47. The largest absolute Gasteiger partial charge is 0.442 e. The number of fused-ring (bicyclic) bond motifs is 1. The number of anilines is 1. The molecule has 0 amide bonds. The third kappa shape index (κ3) is 2.49. The molecule has 2 heterocycles. The molecule has 0 atom stereocenters. The Morgan fingerprint density at radius 3 is 3.00 bits per heavy atom. The molecule has 6 nitrogen and oxygen atoms in total. The first-order valence-electron chi connectivity index (χ1n) is 6.47. The van der Waals surface area contributed by atoms with Gasteiger partial charge in [-0.3, -0.25) is 0 Å². The summed E-state index contributed by atoms with van der Waals surface area (Å²) in [6, 6.07) is 11.0. The Morgan fingerprint density at radius 1 is 1.33 bits per heavy atom. The van der Waals surface area contributed by atoms with Crippen molar-refractivity contribution in [3.63, 3.8) is 0 Å². The van der Waals surface area contributed by atoms with Gasteiger partial charge in [-0.25, -0.2) is 9.97 Å². The third-order valence-corrected chi connectivity index (χ3v) is 2.86. The zero-order valence-corrected chi connectivity index (χ0v) is 11.3. The van der Waals surface area contributed by atoms with Gasteiger partial charge in [-0.05, 0) is 19.1 Å². The lowest BCUT2D eigenvalue weighted by atomic mass is 10.2. The molecule has 104 valence electrons. The molecule has 0 spiro atoms. The van der Waals surface area contributed by atoms with Crippen molar-refractivity contribution < 1.29 is 9.15 Å². The Labute approximate surface area is 121 Å². The highest BCUT2D eigenvalue weighted by Crippen LogP contribution is 2.35. The number of nitrogens with zero attached hydrogens (tertiary/aromatic N) is 3. The summed E-state index contributed by atoms with van der Waals surface area (Å²) in [5, 5.41) is 13.0. The maximum Gasteiger partial charge on any atom is 0.247 e. The number of para-hydroxylation sites is 1. The van der Waals surface area contributed by atoms with E-state index in [1.54, 1.807) is 12.1 Å². The molecular weight excluding hydrogens is 268 g/mol. The Morgan fingerprint density at radius 2 is 2.19 bits per heavy atom. The van der Waals surface area contributed by atoms with Crippen LogP contribution in [-0.2, 0) is 0 Å². The predicted molar refractivity (Wildman–Crippen MR) is 77.2 cm³/mol. The van der Waals surface area contributed by atoms with Gasteiger partial charge in [0.15, 0.2) is 5.75 Å². The standard InChI is InChI=1S/C15H12N4O2/c1-2-17-13-7-14(19-9-18-13)21-15-10-5-3-4-6-11(10)20-12(15)8-16/h3-7,9H,2H2,1H3,(H,17,18,19). The van der Waals surface area contributed by atoms with Crippen molar-refractivity contribution in [3.05, 3.63) is 42.4 Å². The molecule has 3 aromatic rings. The van der Waals surface area contributed by atoms with Gasteiger partial charge in [0.05, 0.1) is 5.39 Å². The van der Waals surface area contributed by atoms with Crippen LogP contribution in [0.3, 0.4) is 0 Å². The first-order chi connectivity index (χ1) is 10.3. The van der Waals surface area contributed by atoms with E-state index < -0.39 is 0 Å². The number of nitrogens with one attached hydrogen (secondary N) is 1. The Kier molecular flexibility index (Phi) is 3.39. The van der Waals surface area contributed by atoms with Crippen molar-refractivity contribution in [1.29, 1.82) is 5.26 Å². The molecule has 3 rings (SSSR count). The van der Waals surface area contributed by atoms with E-state index in [-0.39, 0.29) is 5.76 Å². The highest BCUT2D eigenvalue weighted by atomic mass is 16.5. The van der Waals surface area contributed by atoms with Gasteiger partial charge in [0, 0.05) is 12.6 Å². The van der Waals surface area contributed by atoms with Crippen molar-refractivity contribution in [3.8, 4) is 17.7 Å². The fourth-order valence-corrected chi connectivity index (χ4v) is 1.97. The zero-order valence-electron chi connectivity index (χ0n) is 11.3. The van der Waals surface area contributed by atoms with Gasteiger partial charge in [-0.1, -0.05) is 12.1 Å². The number of furan rings is 1. The van der Waals surface area contributed by atoms with E-state index in [2.05, 4.69) is 15.3 Å². The molecule has 0 bridgehead atoms. The van der Waals surface area contributed by atoms with Crippen LogP contribution in [0.2, 0.25) is 0 Å². The second-order valence-corrected chi connectivity index (χ2v) is 4.24. The van der Waals surface area contributed by atoms with Gasteiger partial charge in [0.25, 0.3) is 0 Å². The fourth-order valence-electron chi connectivity index (χ4n) is 1.97. The van der Waals surface area contributed by atoms with Gasteiger partial charge in [0.2, 0.25) is 11.6 Å². The molecule has 1 N–H and O–H groups in total. The van der Waals surface area contributed by atoms with Crippen LogP contribution in [0.15, 0.2) is 41.1 Å². The molecule has 21 heavy (non-hydrogen) atoms. The normalized spacial score (nSPS) is 10.3.